The number of hydrogen-bond donors (Lipinski definition) is 4. The predicted molar refractivity (Wildman–Crippen MR) is 63.7 cm³/mol. The highest BCUT2D eigenvalue weighted by Gasteiger charge is 2.42. The van der Waals surface area contributed by atoms with Gasteiger partial charge in [0.25, 0.3) is 0 Å². The number of hydrogen-bond acceptors (Lipinski definition) is 3. The molecule has 1 fully saturated rings. The van der Waals surface area contributed by atoms with Gasteiger partial charge in [0.05, 0.1) is 6.54 Å². The molecule has 0 unspecified atom stereocenters. The largest absolute Gasteiger partial charge is 0.480 e. The molecule has 5 N–H and O–H groups in total. The summed E-state index contributed by atoms with van der Waals surface area (Å²) < 4.78 is 0. The molecule has 18 heavy (non-hydrogen) atoms. The quantitative estimate of drug-likeness (QED) is 0.557. The summed E-state index contributed by atoms with van der Waals surface area (Å²) in [5.74, 6) is -1.25. The van der Waals surface area contributed by atoms with Crippen molar-refractivity contribution in [1.82, 2.24) is 10.6 Å². The van der Waals surface area contributed by atoms with Gasteiger partial charge in [-0.25, -0.2) is 9.59 Å². The molecule has 0 radical (unpaired) electrons. The van der Waals surface area contributed by atoms with E-state index in [0.717, 1.165) is 12.8 Å². The Bertz CT molecular complexity index is 348. The molecule has 0 saturated heterocycles. The lowest BCUT2D eigenvalue weighted by Crippen LogP contribution is -2.59. The lowest BCUT2D eigenvalue weighted by molar-refractivity contribution is -0.146. The lowest BCUT2D eigenvalue weighted by atomic mass is 9.77. The topological polar surface area (TPSA) is 122 Å². The molecule has 7 heteroatoms. The fourth-order valence-corrected chi connectivity index (χ4v) is 2.08. The van der Waals surface area contributed by atoms with Crippen LogP contribution in [0.1, 0.15) is 32.6 Å². The SMILES string of the molecule is CC1CCC(NC(=O)NCC(N)=O)(C(=O)O)CC1. The van der Waals surface area contributed by atoms with Crippen molar-refractivity contribution in [2.45, 2.75) is 38.1 Å². The van der Waals surface area contributed by atoms with E-state index in [2.05, 4.69) is 17.6 Å². The number of amides is 3. The number of aliphatic carboxylic acids is 1. The van der Waals surface area contributed by atoms with Gasteiger partial charge in [-0.2, -0.15) is 0 Å². The van der Waals surface area contributed by atoms with Gasteiger partial charge in [-0.3, -0.25) is 4.79 Å². The van der Waals surface area contributed by atoms with Crippen LogP contribution >= 0.6 is 0 Å². The van der Waals surface area contributed by atoms with Crippen LogP contribution < -0.4 is 16.4 Å². The second-order valence-electron chi connectivity index (χ2n) is 4.84. The molecule has 1 aliphatic rings. The van der Waals surface area contributed by atoms with Crippen molar-refractivity contribution in [1.29, 1.82) is 0 Å². The molecule has 0 aromatic heterocycles. The fourth-order valence-electron chi connectivity index (χ4n) is 2.08. The second kappa shape index (κ2) is 5.70. The highest BCUT2D eigenvalue weighted by atomic mass is 16.4. The molecular weight excluding hydrogens is 238 g/mol. The number of nitrogens with two attached hydrogens (primary N) is 1. The zero-order valence-corrected chi connectivity index (χ0v) is 10.4. The Hall–Kier alpha value is -1.79. The zero-order valence-electron chi connectivity index (χ0n) is 10.4. The van der Waals surface area contributed by atoms with Gasteiger partial charge >= 0.3 is 12.0 Å². The minimum atomic E-state index is -1.23. The maximum atomic E-state index is 11.5. The Kier molecular flexibility index (Phi) is 4.52. The molecular formula is C11H19N3O4. The fraction of sp³-hybridized carbons (Fsp3) is 0.727. The first-order valence-electron chi connectivity index (χ1n) is 5.93. The Morgan fingerprint density at radius 1 is 1.33 bits per heavy atom. The van der Waals surface area contributed by atoms with Crippen LogP contribution in [0.5, 0.6) is 0 Å². The summed E-state index contributed by atoms with van der Waals surface area (Å²) in [5, 5.41) is 13.9. The van der Waals surface area contributed by atoms with E-state index in [4.69, 9.17) is 5.73 Å². The van der Waals surface area contributed by atoms with Gasteiger partial charge in [-0.15, -0.1) is 0 Å². The molecule has 0 bridgehead atoms. The maximum Gasteiger partial charge on any atom is 0.329 e. The van der Waals surface area contributed by atoms with Crippen molar-refractivity contribution in [2.75, 3.05) is 6.54 Å². The molecule has 1 aliphatic carbocycles. The summed E-state index contributed by atoms with van der Waals surface area (Å²) in [6, 6.07) is -0.675. The molecule has 102 valence electrons. The van der Waals surface area contributed by atoms with E-state index < -0.39 is 23.4 Å². The van der Waals surface area contributed by atoms with Crippen LogP contribution in [0.2, 0.25) is 0 Å². The van der Waals surface area contributed by atoms with Gasteiger partial charge in [0, 0.05) is 0 Å². The first-order valence-corrected chi connectivity index (χ1v) is 5.93. The molecule has 0 atom stereocenters. The molecule has 0 aromatic carbocycles. The van der Waals surface area contributed by atoms with Gasteiger partial charge in [0.15, 0.2) is 0 Å². The van der Waals surface area contributed by atoms with Crippen molar-refractivity contribution in [3.63, 3.8) is 0 Å². The third kappa shape index (κ3) is 3.61. The van der Waals surface area contributed by atoms with Crippen LogP contribution in [0, 0.1) is 5.92 Å². The van der Waals surface area contributed by atoms with Crippen LogP contribution in [0.3, 0.4) is 0 Å². The Morgan fingerprint density at radius 2 is 1.89 bits per heavy atom. The maximum absolute atomic E-state index is 11.5. The number of urea groups is 1. The summed E-state index contributed by atoms with van der Waals surface area (Å²) in [7, 11) is 0. The summed E-state index contributed by atoms with van der Waals surface area (Å²) in [6.45, 7) is 1.75. The van der Waals surface area contributed by atoms with Gasteiger partial charge < -0.3 is 21.5 Å². The van der Waals surface area contributed by atoms with E-state index in [1.807, 2.05) is 0 Å². The van der Waals surface area contributed by atoms with E-state index in [0.29, 0.717) is 18.8 Å². The molecule has 1 saturated carbocycles. The minimum Gasteiger partial charge on any atom is -0.480 e. The minimum absolute atomic E-state index is 0.308. The van der Waals surface area contributed by atoms with E-state index >= 15 is 0 Å². The average molecular weight is 257 g/mol. The number of carbonyl (C=O) groups is 3. The number of nitrogens with one attached hydrogen (secondary N) is 2. The summed E-state index contributed by atoms with van der Waals surface area (Å²) in [5.41, 5.74) is 3.66. The van der Waals surface area contributed by atoms with E-state index in [1.165, 1.54) is 0 Å². The van der Waals surface area contributed by atoms with E-state index in [-0.39, 0.29) is 6.54 Å². The van der Waals surface area contributed by atoms with Gasteiger partial charge in [-0.05, 0) is 31.6 Å². The van der Waals surface area contributed by atoms with Crippen LogP contribution in [0.25, 0.3) is 0 Å². The number of carboxylic acid groups (broad SMARTS) is 1. The van der Waals surface area contributed by atoms with E-state index in [1.54, 1.807) is 0 Å². The third-order valence-corrected chi connectivity index (χ3v) is 3.31. The Labute approximate surface area is 105 Å². The summed E-state index contributed by atoms with van der Waals surface area (Å²) in [6.07, 6.45) is 2.30. The number of primary amides is 1. The highest BCUT2D eigenvalue weighted by Crippen LogP contribution is 2.32. The first kappa shape index (κ1) is 14.3. The summed E-state index contributed by atoms with van der Waals surface area (Å²) in [4.78, 5) is 33.4. The first-order chi connectivity index (χ1) is 8.35. The summed E-state index contributed by atoms with van der Waals surface area (Å²) >= 11 is 0. The lowest BCUT2D eigenvalue weighted by Gasteiger charge is -2.36. The van der Waals surface area contributed by atoms with Gasteiger partial charge in [0.2, 0.25) is 5.91 Å². The van der Waals surface area contributed by atoms with Crippen molar-refractivity contribution < 1.29 is 19.5 Å². The standard InChI is InChI=1S/C11H19N3O4/c1-7-2-4-11(5-3-7,9(16)17)14-10(18)13-6-8(12)15/h7H,2-6H2,1H3,(H2,12,15)(H,16,17)(H2,13,14,18). The van der Waals surface area contributed by atoms with Crippen LogP contribution in [0.4, 0.5) is 4.79 Å². The number of carboxylic acids is 1. The molecule has 0 spiro atoms. The molecule has 0 aromatic rings. The van der Waals surface area contributed by atoms with Crippen molar-refractivity contribution in [3.8, 4) is 0 Å². The van der Waals surface area contributed by atoms with Crippen molar-refractivity contribution >= 4 is 17.9 Å². The Balaban J connectivity index is 2.60. The van der Waals surface area contributed by atoms with Crippen LogP contribution in [0.15, 0.2) is 0 Å². The molecule has 0 aliphatic heterocycles. The third-order valence-electron chi connectivity index (χ3n) is 3.31. The van der Waals surface area contributed by atoms with Crippen molar-refractivity contribution in [3.05, 3.63) is 0 Å². The number of carbonyl (C=O) groups excluding carboxylic acids is 2. The smallest absolute Gasteiger partial charge is 0.329 e. The molecule has 0 heterocycles. The van der Waals surface area contributed by atoms with Crippen LogP contribution in [-0.2, 0) is 9.59 Å². The van der Waals surface area contributed by atoms with Gasteiger partial charge in [-0.1, -0.05) is 6.92 Å². The second-order valence-corrected chi connectivity index (χ2v) is 4.84. The van der Waals surface area contributed by atoms with Crippen LogP contribution in [-0.4, -0.2) is 35.1 Å². The van der Waals surface area contributed by atoms with Crippen molar-refractivity contribution in [2.24, 2.45) is 11.7 Å². The monoisotopic (exact) mass is 257 g/mol. The zero-order chi connectivity index (χ0) is 13.8. The van der Waals surface area contributed by atoms with Gasteiger partial charge in [0.1, 0.15) is 5.54 Å². The van der Waals surface area contributed by atoms with E-state index in [9.17, 15) is 19.5 Å². The molecule has 3 amide bonds. The highest BCUT2D eigenvalue weighted by molar-refractivity contribution is 5.88. The molecule has 1 rings (SSSR count). The normalized spacial score (nSPS) is 27.3. The average Bonchev–Trinajstić information content (AvgIpc) is 2.29. The molecule has 7 nitrogen and oxygen atoms in total. The number of rotatable bonds is 4. The predicted octanol–water partition coefficient (Wildman–Crippen LogP) is -0.196. The Morgan fingerprint density at radius 3 is 2.33 bits per heavy atom.